The van der Waals surface area contributed by atoms with Crippen molar-refractivity contribution in [2.24, 2.45) is 5.41 Å². The second-order valence-electron chi connectivity index (χ2n) is 4.23. The van der Waals surface area contributed by atoms with Crippen LogP contribution in [0.4, 0.5) is 0 Å². The number of fused-ring (bicyclic) bond motifs is 1. The first-order valence-corrected chi connectivity index (χ1v) is 4.37. The van der Waals surface area contributed by atoms with Crippen LogP contribution in [0, 0.1) is 5.41 Å². The smallest absolute Gasteiger partial charge is 0.169 e. The van der Waals surface area contributed by atoms with E-state index < -0.39 is 0 Å². The number of ketones is 1. The molecule has 0 aromatic heterocycles. The average Bonchev–Trinajstić information content (AvgIpc) is 2.22. The maximum atomic E-state index is 11.7. The Morgan fingerprint density at radius 3 is 2.64 bits per heavy atom. The first-order chi connectivity index (χ1) is 6.00. The number of aromatic hydroxyl groups is 1. The third-order valence-corrected chi connectivity index (χ3v) is 2.58. The van der Waals surface area contributed by atoms with Gasteiger partial charge < -0.3 is 5.11 Å². The molecular weight excluding hydrogens is 203 g/mol. The van der Waals surface area contributed by atoms with Gasteiger partial charge in [-0.15, -0.1) is 0 Å². The molecule has 1 aromatic rings. The minimum absolute atomic E-state index is 0. The molecule has 3 heteroatoms. The van der Waals surface area contributed by atoms with E-state index in [4.69, 9.17) is 0 Å². The monoisotopic (exact) mass is 215 g/mol. The van der Waals surface area contributed by atoms with Crippen molar-refractivity contribution in [3.05, 3.63) is 29.3 Å². The van der Waals surface area contributed by atoms with Gasteiger partial charge in [-0.3, -0.25) is 4.79 Å². The number of carbonyl (C=O) groups excluding carboxylic acids is 1. The summed E-state index contributed by atoms with van der Waals surface area (Å²) in [5.41, 5.74) is 1.44. The van der Waals surface area contributed by atoms with Crippen LogP contribution in [0.3, 0.4) is 0 Å². The van der Waals surface area contributed by atoms with Crippen LogP contribution in [0.25, 0.3) is 0 Å². The van der Waals surface area contributed by atoms with E-state index in [2.05, 4.69) is 0 Å². The molecule has 14 heavy (non-hydrogen) atoms. The standard InChI is InChI=1S/C11H12O2.K/c1-11(2)6-7-5-8(12)3-4-9(7)10(11)13;/h3-5,12H,6H2,1-2H3;. The summed E-state index contributed by atoms with van der Waals surface area (Å²) in [6, 6.07) is 4.96. The maximum Gasteiger partial charge on any atom is 0.169 e. The molecule has 1 aliphatic carbocycles. The molecule has 0 heterocycles. The van der Waals surface area contributed by atoms with Gasteiger partial charge in [0.1, 0.15) is 5.75 Å². The van der Waals surface area contributed by atoms with Crippen LogP contribution in [0.5, 0.6) is 5.75 Å². The molecule has 0 bridgehead atoms. The second kappa shape index (κ2) is 4.06. The van der Waals surface area contributed by atoms with Gasteiger partial charge in [-0.25, -0.2) is 0 Å². The molecule has 2 nitrogen and oxygen atoms in total. The molecule has 1 aromatic carbocycles. The Labute approximate surface area is 126 Å². The van der Waals surface area contributed by atoms with E-state index >= 15 is 0 Å². The second-order valence-corrected chi connectivity index (χ2v) is 4.23. The van der Waals surface area contributed by atoms with Crippen molar-refractivity contribution in [3.8, 4) is 5.75 Å². The van der Waals surface area contributed by atoms with E-state index in [-0.39, 0.29) is 68.3 Å². The van der Waals surface area contributed by atoms with Crippen LogP contribution in [0.1, 0.15) is 29.8 Å². The third-order valence-electron chi connectivity index (χ3n) is 2.58. The Morgan fingerprint density at radius 1 is 1.36 bits per heavy atom. The van der Waals surface area contributed by atoms with Crippen molar-refractivity contribution >= 4 is 57.2 Å². The number of hydrogen-bond donors (Lipinski definition) is 1. The molecule has 0 atom stereocenters. The van der Waals surface area contributed by atoms with Crippen molar-refractivity contribution in [2.45, 2.75) is 20.3 Å². The molecule has 0 saturated carbocycles. The molecule has 1 radical (unpaired) electrons. The van der Waals surface area contributed by atoms with Crippen molar-refractivity contribution in [2.75, 3.05) is 0 Å². The molecule has 0 aliphatic heterocycles. The summed E-state index contributed by atoms with van der Waals surface area (Å²) < 4.78 is 0. The van der Waals surface area contributed by atoms with E-state index in [0.717, 1.165) is 17.5 Å². The van der Waals surface area contributed by atoms with Gasteiger partial charge in [0, 0.05) is 62.4 Å². The fraction of sp³-hybridized carbons (Fsp3) is 0.364. The molecule has 1 N–H and O–H groups in total. The average molecular weight is 215 g/mol. The number of benzene rings is 1. The summed E-state index contributed by atoms with van der Waals surface area (Å²) in [7, 11) is 0. The van der Waals surface area contributed by atoms with Gasteiger partial charge in [-0.1, -0.05) is 13.8 Å². The minimum Gasteiger partial charge on any atom is -0.508 e. The summed E-state index contributed by atoms with van der Waals surface area (Å²) in [6.07, 6.45) is 0.732. The molecule has 0 amide bonds. The van der Waals surface area contributed by atoms with E-state index in [1.165, 1.54) is 0 Å². The fourth-order valence-electron chi connectivity index (χ4n) is 1.87. The Hall–Kier alpha value is 0.326. The molecule has 0 unspecified atom stereocenters. The van der Waals surface area contributed by atoms with Gasteiger partial charge >= 0.3 is 0 Å². The van der Waals surface area contributed by atoms with Crippen LogP contribution in [-0.4, -0.2) is 62.3 Å². The molecule has 0 saturated heterocycles. The van der Waals surface area contributed by atoms with Crippen LogP contribution >= 0.6 is 0 Å². The van der Waals surface area contributed by atoms with Crippen molar-refractivity contribution < 1.29 is 9.90 Å². The molecule has 1 aliphatic rings. The summed E-state index contributed by atoms with van der Waals surface area (Å²) in [5, 5.41) is 9.24. The Kier molecular flexibility index (Phi) is 3.60. The summed E-state index contributed by atoms with van der Waals surface area (Å²) in [4.78, 5) is 11.7. The van der Waals surface area contributed by atoms with Gasteiger partial charge in [0.15, 0.2) is 5.78 Å². The van der Waals surface area contributed by atoms with Gasteiger partial charge in [-0.05, 0) is 30.2 Å². The summed E-state index contributed by atoms with van der Waals surface area (Å²) >= 11 is 0. The number of phenolic OH excluding ortho intramolecular Hbond substituents is 1. The van der Waals surface area contributed by atoms with Crippen molar-refractivity contribution in [1.82, 2.24) is 0 Å². The first-order valence-electron chi connectivity index (χ1n) is 4.37. The van der Waals surface area contributed by atoms with Crippen molar-refractivity contribution in [3.63, 3.8) is 0 Å². The van der Waals surface area contributed by atoms with Gasteiger partial charge in [0.25, 0.3) is 0 Å². The normalized spacial score (nSPS) is 17.4. The predicted molar refractivity (Wildman–Crippen MR) is 55.7 cm³/mol. The van der Waals surface area contributed by atoms with E-state index in [1.54, 1.807) is 18.2 Å². The molecule has 69 valence electrons. The zero-order valence-corrected chi connectivity index (χ0v) is 11.9. The van der Waals surface area contributed by atoms with Crippen LogP contribution in [0.15, 0.2) is 18.2 Å². The quantitative estimate of drug-likeness (QED) is 0.670. The molecule has 2 rings (SSSR count). The third kappa shape index (κ3) is 1.97. The van der Waals surface area contributed by atoms with Gasteiger partial charge in [0.05, 0.1) is 0 Å². The predicted octanol–water partition coefficient (Wildman–Crippen LogP) is 1.78. The Bertz CT molecular complexity index is 383. The molecule has 0 fully saturated rings. The zero-order chi connectivity index (χ0) is 9.64. The SMILES string of the molecule is CC1(C)Cc2cc(O)ccc2C1=O.[K]. The Morgan fingerprint density at radius 2 is 2.00 bits per heavy atom. The largest absolute Gasteiger partial charge is 0.508 e. The Balaban J connectivity index is 0.000000980. The summed E-state index contributed by atoms with van der Waals surface area (Å²) in [6.45, 7) is 3.87. The molecular formula is C11H12KO2. The minimum atomic E-state index is -0.296. The van der Waals surface area contributed by atoms with E-state index in [1.807, 2.05) is 13.8 Å². The van der Waals surface area contributed by atoms with Crippen LogP contribution in [0.2, 0.25) is 0 Å². The molecule has 0 spiro atoms. The number of hydrogen-bond acceptors (Lipinski definition) is 2. The summed E-state index contributed by atoms with van der Waals surface area (Å²) in [5.74, 6) is 0.423. The fourth-order valence-corrected chi connectivity index (χ4v) is 1.87. The van der Waals surface area contributed by atoms with E-state index in [0.29, 0.717) is 0 Å². The maximum absolute atomic E-state index is 11.7. The van der Waals surface area contributed by atoms with E-state index in [9.17, 15) is 9.90 Å². The van der Waals surface area contributed by atoms with Crippen LogP contribution in [-0.2, 0) is 6.42 Å². The van der Waals surface area contributed by atoms with Gasteiger partial charge in [-0.2, -0.15) is 0 Å². The number of carbonyl (C=O) groups is 1. The first kappa shape index (κ1) is 12.4. The number of Topliss-reactive ketones (excluding diaryl/α,β-unsaturated/α-hetero) is 1. The number of phenols is 1. The number of rotatable bonds is 0. The topological polar surface area (TPSA) is 37.3 Å². The zero-order valence-electron chi connectivity index (χ0n) is 8.79. The van der Waals surface area contributed by atoms with Crippen molar-refractivity contribution in [1.29, 1.82) is 0 Å². The van der Waals surface area contributed by atoms with Gasteiger partial charge in [0.2, 0.25) is 0 Å². The van der Waals surface area contributed by atoms with Crippen LogP contribution < -0.4 is 0 Å².